The van der Waals surface area contributed by atoms with E-state index in [0.29, 0.717) is 32.7 Å². The van der Waals surface area contributed by atoms with Crippen LogP contribution >= 0.6 is 39.1 Å². The Balaban J connectivity index is 1.66. The molecule has 1 amide bonds. The Hall–Kier alpha value is -2.54. The van der Waals surface area contributed by atoms with Gasteiger partial charge in [-0.25, -0.2) is 5.43 Å². The van der Waals surface area contributed by atoms with Crippen LogP contribution in [-0.4, -0.2) is 19.2 Å². The highest BCUT2D eigenvalue weighted by atomic mass is 79.9. The minimum Gasteiger partial charge on any atom is -0.493 e. The number of rotatable bonds is 7. The van der Waals surface area contributed by atoms with E-state index in [1.54, 1.807) is 61.7 Å². The fourth-order valence-corrected chi connectivity index (χ4v) is 3.47. The lowest BCUT2D eigenvalue weighted by atomic mass is 10.2. The van der Waals surface area contributed by atoms with Crippen LogP contribution in [0, 0.1) is 0 Å². The number of hydrazone groups is 1. The molecule has 154 valence electrons. The summed E-state index contributed by atoms with van der Waals surface area (Å²) in [5, 5.41) is 5.07. The third-order valence-electron chi connectivity index (χ3n) is 4.09. The molecule has 0 atom stereocenters. The van der Waals surface area contributed by atoms with Gasteiger partial charge in [0.2, 0.25) is 0 Å². The molecule has 0 fully saturated rings. The normalized spacial score (nSPS) is 10.8. The fourth-order valence-electron chi connectivity index (χ4n) is 2.56. The lowest BCUT2D eigenvalue weighted by Crippen LogP contribution is -2.17. The summed E-state index contributed by atoms with van der Waals surface area (Å²) in [6.07, 6.45) is 1.52. The van der Waals surface area contributed by atoms with Crippen molar-refractivity contribution in [2.75, 3.05) is 7.11 Å². The molecular formula is C22H17BrCl2N2O3. The van der Waals surface area contributed by atoms with Gasteiger partial charge in [0, 0.05) is 25.6 Å². The lowest BCUT2D eigenvalue weighted by molar-refractivity contribution is 0.0955. The summed E-state index contributed by atoms with van der Waals surface area (Å²) < 4.78 is 12.0. The van der Waals surface area contributed by atoms with E-state index in [2.05, 4.69) is 26.5 Å². The molecule has 0 saturated heterocycles. The highest BCUT2D eigenvalue weighted by Crippen LogP contribution is 2.31. The van der Waals surface area contributed by atoms with Crippen molar-refractivity contribution < 1.29 is 14.3 Å². The number of carbonyl (C=O) groups excluding carboxylic acids is 1. The Kier molecular flexibility index (Phi) is 7.74. The van der Waals surface area contributed by atoms with E-state index in [0.717, 1.165) is 10.0 Å². The van der Waals surface area contributed by atoms with Gasteiger partial charge >= 0.3 is 0 Å². The first-order chi connectivity index (χ1) is 14.5. The van der Waals surface area contributed by atoms with Crippen molar-refractivity contribution in [1.29, 1.82) is 0 Å². The van der Waals surface area contributed by atoms with Crippen LogP contribution in [0.15, 0.2) is 70.2 Å². The molecule has 3 aromatic carbocycles. The number of carbonyl (C=O) groups is 1. The molecule has 0 spiro atoms. The lowest BCUT2D eigenvalue weighted by Gasteiger charge is -2.13. The average Bonchev–Trinajstić information content (AvgIpc) is 2.74. The van der Waals surface area contributed by atoms with Gasteiger partial charge in [-0.1, -0.05) is 51.3 Å². The van der Waals surface area contributed by atoms with Crippen molar-refractivity contribution in [2.45, 2.75) is 6.61 Å². The van der Waals surface area contributed by atoms with Crippen LogP contribution < -0.4 is 14.9 Å². The second kappa shape index (κ2) is 10.5. The van der Waals surface area contributed by atoms with Crippen LogP contribution in [0.1, 0.15) is 21.5 Å². The van der Waals surface area contributed by atoms with Crippen LogP contribution in [0.5, 0.6) is 11.5 Å². The zero-order chi connectivity index (χ0) is 21.5. The maximum atomic E-state index is 12.1. The number of hydrogen-bond donors (Lipinski definition) is 1. The third kappa shape index (κ3) is 5.75. The average molecular weight is 508 g/mol. The van der Waals surface area contributed by atoms with E-state index in [-0.39, 0.29) is 12.5 Å². The maximum absolute atomic E-state index is 12.1. The maximum Gasteiger partial charge on any atom is 0.271 e. The van der Waals surface area contributed by atoms with E-state index in [1.165, 1.54) is 6.21 Å². The largest absolute Gasteiger partial charge is 0.493 e. The molecule has 3 rings (SSSR count). The molecule has 3 aromatic rings. The van der Waals surface area contributed by atoms with Gasteiger partial charge in [0.25, 0.3) is 5.91 Å². The summed E-state index contributed by atoms with van der Waals surface area (Å²) in [7, 11) is 1.54. The fraction of sp³-hybridized carbons (Fsp3) is 0.0909. The van der Waals surface area contributed by atoms with Gasteiger partial charge in [-0.3, -0.25) is 4.79 Å². The number of nitrogens with one attached hydrogen (secondary N) is 1. The molecule has 0 aliphatic rings. The third-order valence-corrected chi connectivity index (χ3v) is 5.29. The minimum absolute atomic E-state index is 0.199. The second-order valence-electron chi connectivity index (χ2n) is 6.11. The summed E-state index contributed by atoms with van der Waals surface area (Å²) in [5.41, 5.74) is 4.42. The van der Waals surface area contributed by atoms with Gasteiger partial charge in [-0.05, 0) is 54.1 Å². The van der Waals surface area contributed by atoms with Crippen LogP contribution in [0.3, 0.4) is 0 Å². The van der Waals surface area contributed by atoms with Gasteiger partial charge in [0.15, 0.2) is 11.5 Å². The van der Waals surface area contributed by atoms with Crippen molar-refractivity contribution in [3.05, 3.63) is 91.9 Å². The number of amides is 1. The highest BCUT2D eigenvalue weighted by Gasteiger charge is 2.10. The number of methoxy groups -OCH3 is 1. The van der Waals surface area contributed by atoms with Crippen molar-refractivity contribution in [2.24, 2.45) is 5.10 Å². The number of ether oxygens (including phenoxy) is 2. The molecule has 0 saturated carbocycles. The van der Waals surface area contributed by atoms with Crippen LogP contribution in [0.25, 0.3) is 0 Å². The number of nitrogens with zero attached hydrogens (tertiary/aromatic N) is 1. The molecule has 1 N–H and O–H groups in total. The topological polar surface area (TPSA) is 59.9 Å². The predicted octanol–water partition coefficient (Wildman–Crippen LogP) is 6.11. The van der Waals surface area contributed by atoms with E-state index in [4.69, 9.17) is 32.7 Å². The van der Waals surface area contributed by atoms with Gasteiger partial charge in [0.05, 0.1) is 13.3 Å². The first-order valence-electron chi connectivity index (χ1n) is 8.80. The van der Waals surface area contributed by atoms with Crippen LogP contribution in [0.2, 0.25) is 10.0 Å². The number of benzene rings is 3. The van der Waals surface area contributed by atoms with Crippen molar-refractivity contribution in [3.63, 3.8) is 0 Å². The van der Waals surface area contributed by atoms with Gasteiger partial charge in [-0.15, -0.1) is 0 Å². The Morgan fingerprint density at radius 1 is 1.07 bits per heavy atom. The summed E-state index contributed by atoms with van der Waals surface area (Å²) in [4.78, 5) is 12.1. The molecule has 0 bridgehead atoms. The predicted molar refractivity (Wildman–Crippen MR) is 123 cm³/mol. The van der Waals surface area contributed by atoms with Crippen LogP contribution in [-0.2, 0) is 6.61 Å². The highest BCUT2D eigenvalue weighted by molar-refractivity contribution is 9.10. The summed E-state index contributed by atoms with van der Waals surface area (Å²) >= 11 is 15.7. The molecule has 0 aliphatic carbocycles. The summed E-state index contributed by atoms with van der Waals surface area (Å²) in [6.45, 7) is 0.199. The van der Waals surface area contributed by atoms with Crippen LogP contribution in [0.4, 0.5) is 0 Å². The summed E-state index contributed by atoms with van der Waals surface area (Å²) in [6, 6.07) is 17.6. The zero-order valence-electron chi connectivity index (χ0n) is 15.9. The molecular weight excluding hydrogens is 491 g/mol. The van der Waals surface area contributed by atoms with E-state index in [9.17, 15) is 4.79 Å². The number of halogens is 3. The first kappa shape index (κ1) is 22.2. The zero-order valence-corrected chi connectivity index (χ0v) is 19.0. The molecule has 0 aromatic heterocycles. The molecule has 0 unspecified atom stereocenters. The monoisotopic (exact) mass is 506 g/mol. The minimum atomic E-state index is -0.309. The standard InChI is InChI=1S/C22H17BrCl2N2O3/c1-29-21-10-14(12-26-27-22(28)15-4-2-5-16(23)11-15)8-9-20(21)30-13-17-18(24)6-3-7-19(17)25/h2-12H,13H2,1H3,(H,27,28)/b26-12-. The first-order valence-corrected chi connectivity index (χ1v) is 10.4. The van der Waals surface area contributed by atoms with E-state index < -0.39 is 0 Å². The Labute approximate surface area is 192 Å². The molecule has 0 radical (unpaired) electrons. The Bertz CT molecular complexity index is 1070. The molecule has 0 heterocycles. The SMILES string of the molecule is COc1cc(/C=N\NC(=O)c2cccc(Br)c2)ccc1OCc1c(Cl)cccc1Cl. The summed E-state index contributed by atoms with van der Waals surface area (Å²) in [5.74, 6) is 0.736. The van der Waals surface area contributed by atoms with Gasteiger partial charge in [-0.2, -0.15) is 5.10 Å². The van der Waals surface area contributed by atoms with Gasteiger partial charge < -0.3 is 9.47 Å². The molecule has 8 heteroatoms. The molecule has 5 nitrogen and oxygen atoms in total. The molecule has 0 aliphatic heterocycles. The van der Waals surface area contributed by atoms with Gasteiger partial charge in [0.1, 0.15) is 6.61 Å². The Morgan fingerprint density at radius 3 is 2.50 bits per heavy atom. The smallest absolute Gasteiger partial charge is 0.271 e. The van der Waals surface area contributed by atoms with Crippen molar-refractivity contribution in [1.82, 2.24) is 5.43 Å². The van der Waals surface area contributed by atoms with Crippen molar-refractivity contribution in [3.8, 4) is 11.5 Å². The van der Waals surface area contributed by atoms with E-state index >= 15 is 0 Å². The quantitative estimate of drug-likeness (QED) is 0.310. The Morgan fingerprint density at radius 2 is 1.80 bits per heavy atom. The second-order valence-corrected chi connectivity index (χ2v) is 7.84. The van der Waals surface area contributed by atoms with Crippen molar-refractivity contribution >= 4 is 51.3 Å². The molecule has 30 heavy (non-hydrogen) atoms. The number of hydrogen-bond acceptors (Lipinski definition) is 4. The van der Waals surface area contributed by atoms with E-state index in [1.807, 2.05) is 6.07 Å².